The number of carbonyl (C=O) groups excluding carboxylic acids is 1. The quantitative estimate of drug-likeness (QED) is 0.291. The number of fused-ring (bicyclic) bond motifs is 1. The number of rotatable bonds is 10. The summed E-state index contributed by atoms with van der Waals surface area (Å²) in [5.74, 6) is -0.557. The number of ether oxygens (including phenoxy) is 1. The van der Waals surface area contributed by atoms with E-state index >= 15 is 0 Å². The van der Waals surface area contributed by atoms with E-state index in [1.165, 1.54) is 65.1 Å². The molecule has 0 atom stereocenters. The molecule has 0 saturated heterocycles. The van der Waals surface area contributed by atoms with Crippen molar-refractivity contribution < 1.29 is 13.9 Å². The number of hydrogen-bond donors (Lipinski definition) is 1. The van der Waals surface area contributed by atoms with Crippen LogP contribution in [0.3, 0.4) is 0 Å². The van der Waals surface area contributed by atoms with Gasteiger partial charge in [0.15, 0.2) is 0 Å². The third-order valence-corrected chi connectivity index (χ3v) is 7.70. The number of aromatic nitrogens is 5. The van der Waals surface area contributed by atoms with Crippen molar-refractivity contribution in [1.82, 2.24) is 29.4 Å². The monoisotopic (exact) mass is 567 g/mol. The SMILES string of the molecule is Cc1c(-n2nccn2)sc2c1c(=O)n(C(C)(C)C(=O)NC(C)C)c(=O)n2CCc1cc(F)ccc1OCCC#N. The van der Waals surface area contributed by atoms with Crippen molar-refractivity contribution in [2.75, 3.05) is 6.61 Å². The molecule has 3 aromatic heterocycles. The molecule has 3 heterocycles. The highest BCUT2D eigenvalue weighted by molar-refractivity contribution is 7.21. The number of benzene rings is 1. The molecule has 1 N–H and O–H groups in total. The van der Waals surface area contributed by atoms with Gasteiger partial charge in [0.05, 0.1) is 30.3 Å². The van der Waals surface area contributed by atoms with E-state index in [-0.39, 0.29) is 37.4 Å². The van der Waals surface area contributed by atoms with E-state index in [1.807, 2.05) is 6.07 Å². The Labute approximate surface area is 233 Å². The number of nitrogens with zero attached hydrogens (tertiary/aromatic N) is 6. The number of thiophene rings is 1. The zero-order chi connectivity index (χ0) is 29.2. The normalized spacial score (nSPS) is 11.7. The maximum atomic E-state index is 14.2. The van der Waals surface area contributed by atoms with Crippen molar-refractivity contribution in [2.45, 2.75) is 65.6 Å². The predicted molar refractivity (Wildman–Crippen MR) is 148 cm³/mol. The summed E-state index contributed by atoms with van der Waals surface area (Å²) in [4.78, 5) is 42.8. The number of nitrogens with one attached hydrogen (secondary N) is 1. The van der Waals surface area contributed by atoms with E-state index in [2.05, 4.69) is 15.5 Å². The fourth-order valence-corrected chi connectivity index (χ4v) is 5.64. The van der Waals surface area contributed by atoms with Crippen LogP contribution in [0, 0.1) is 24.1 Å². The smallest absolute Gasteiger partial charge is 0.333 e. The Hall–Kier alpha value is -4.31. The van der Waals surface area contributed by atoms with Gasteiger partial charge in [-0.15, -0.1) is 4.80 Å². The minimum atomic E-state index is -1.52. The molecule has 0 fully saturated rings. The summed E-state index contributed by atoms with van der Waals surface area (Å²) in [5.41, 5.74) is -1.73. The molecule has 11 nitrogen and oxygen atoms in total. The summed E-state index contributed by atoms with van der Waals surface area (Å²) in [7, 11) is 0. The largest absolute Gasteiger partial charge is 0.492 e. The van der Waals surface area contributed by atoms with Crippen LogP contribution in [-0.4, -0.2) is 42.7 Å². The fraction of sp³-hybridized carbons (Fsp3) is 0.407. The fourth-order valence-electron chi connectivity index (χ4n) is 4.40. The molecule has 0 bridgehead atoms. The molecule has 13 heteroatoms. The highest BCUT2D eigenvalue weighted by atomic mass is 32.1. The van der Waals surface area contributed by atoms with Gasteiger partial charge in [-0.1, -0.05) is 11.3 Å². The van der Waals surface area contributed by atoms with Crippen molar-refractivity contribution in [2.24, 2.45) is 0 Å². The molecule has 40 heavy (non-hydrogen) atoms. The zero-order valence-corrected chi connectivity index (χ0v) is 23.7. The molecule has 0 saturated carbocycles. The highest BCUT2D eigenvalue weighted by Gasteiger charge is 2.35. The van der Waals surface area contributed by atoms with E-state index in [1.54, 1.807) is 20.8 Å². The Bertz CT molecular complexity index is 1710. The van der Waals surface area contributed by atoms with E-state index < -0.39 is 28.5 Å². The topological polar surface area (TPSA) is 137 Å². The second kappa shape index (κ2) is 11.4. The summed E-state index contributed by atoms with van der Waals surface area (Å²) in [6, 6.07) is 5.86. The van der Waals surface area contributed by atoms with Crippen LogP contribution < -0.4 is 21.3 Å². The second-order valence-corrected chi connectivity index (χ2v) is 11.0. The van der Waals surface area contributed by atoms with Crippen LogP contribution in [0.15, 0.2) is 40.2 Å². The summed E-state index contributed by atoms with van der Waals surface area (Å²) in [5, 5.41) is 20.8. The predicted octanol–water partition coefficient (Wildman–Crippen LogP) is 3.05. The molecule has 0 unspecified atom stereocenters. The van der Waals surface area contributed by atoms with E-state index in [0.717, 1.165) is 4.57 Å². The molecule has 0 radical (unpaired) electrons. The average molecular weight is 568 g/mol. The molecule has 210 valence electrons. The summed E-state index contributed by atoms with van der Waals surface area (Å²) in [6.45, 7) is 8.56. The van der Waals surface area contributed by atoms with Crippen LogP contribution in [0.5, 0.6) is 5.75 Å². The van der Waals surface area contributed by atoms with Crippen LogP contribution in [0.25, 0.3) is 15.2 Å². The summed E-state index contributed by atoms with van der Waals surface area (Å²) < 4.78 is 22.3. The maximum Gasteiger partial charge on any atom is 0.333 e. The molecular formula is C27H30FN7O4S. The minimum Gasteiger partial charge on any atom is -0.492 e. The number of hydrogen-bond acceptors (Lipinski definition) is 8. The van der Waals surface area contributed by atoms with Crippen LogP contribution in [0.4, 0.5) is 4.39 Å². The van der Waals surface area contributed by atoms with Gasteiger partial charge in [0.1, 0.15) is 33.5 Å². The molecule has 0 aliphatic rings. The van der Waals surface area contributed by atoms with E-state index in [0.29, 0.717) is 26.7 Å². The average Bonchev–Trinajstić information content (AvgIpc) is 3.53. The minimum absolute atomic E-state index is 0.0570. The van der Waals surface area contributed by atoms with Gasteiger partial charge < -0.3 is 10.1 Å². The van der Waals surface area contributed by atoms with Crippen molar-refractivity contribution >= 4 is 27.5 Å². The zero-order valence-electron chi connectivity index (χ0n) is 22.9. The van der Waals surface area contributed by atoms with Gasteiger partial charge in [-0.3, -0.25) is 14.2 Å². The molecule has 1 amide bonds. The van der Waals surface area contributed by atoms with Gasteiger partial charge >= 0.3 is 5.69 Å². The maximum absolute atomic E-state index is 14.2. The first-order chi connectivity index (χ1) is 19.0. The lowest BCUT2D eigenvalue weighted by Gasteiger charge is -2.27. The van der Waals surface area contributed by atoms with Gasteiger partial charge in [0.2, 0.25) is 5.91 Å². The molecule has 4 aromatic rings. The first-order valence-electron chi connectivity index (χ1n) is 12.7. The molecular weight excluding hydrogens is 537 g/mol. The molecule has 0 aliphatic carbocycles. The lowest BCUT2D eigenvalue weighted by atomic mass is 10.0. The van der Waals surface area contributed by atoms with Crippen LogP contribution >= 0.6 is 11.3 Å². The third kappa shape index (κ3) is 5.40. The number of amides is 1. The summed E-state index contributed by atoms with van der Waals surface area (Å²) >= 11 is 1.18. The third-order valence-electron chi connectivity index (χ3n) is 6.42. The van der Waals surface area contributed by atoms with Crippen molar-refractivity contribution in [3.05, 3.63) is 68.4 Å². The Morgan fingerprint density at radius 3 is 2.60 bits per heavy atom. The number of halogens is 1. The van der Waals surface area contributed by atoms with E-state index in [4.69, 9.17) is 10.00 Å². The van der Waals surface area contributed by atoms with Gasteiger partial charge in [-0.2, -0.15) is 15.5 Å². The van der Waals surface area contributed by atoms with Gasteiger partial charge in [0, 0.05) is 18.2 Å². The number of nitriles is 1. The number of carbonyl (C=O) groups is 1. The lowest BCUT2D eigenvalue weighted by molar-refractivity contribution is -0.129. The Kier molecular flexibility index (Phi) is 8.20. The van der Waals surface area contributed by atoms with Crippen molar-refractivity contribution in [1.29, 1.82) is 5.26 Å². The Morgan fingerprint density at radius 1 is 1.25 bits per heavy atom. The highest BCUT2D eigenvalue weighted by Crippen LogP contribution is 2.31. The van der Waals surface area contributed by atoms with Gasteiger partial charge in [-0.05, 0) is 64.8 Å². The lowest BCUT2D eigenvalue weighted by Crippen LogP contribution is -2.56. The Morgan fingerprint density at radius 2 is 1.95 bits per heavy atom. The van der Waals surface area contributed by atoms with Crippen molar-refractivity contribution in [3.63, 3.8) is 0 Å². The first-order valence-corrected chi connectivity index (χ1v) is 13.5. The molecule has 1 aromatic carbocycles. The summed E-state index contributed by atoms with van der Waals surface area (Å²) in [6.07, 6.45) is 3.35. The van der Waals surface area contributed by atoms with Crippen LogP contribution in [0.1, 0.15) is 45.2 Å². The standard InChI is InChI=1S/C27H30FN7O4S/c1-16(2)32-25(37)27(4,5)34-22(36)21-17(3)23(35-30-11-12-31-35)40-24(21)33(26(34)38)13-9-18-15-19(28)7-8-20(18)39-14-6-10-29/h7-8,11-12,15-16H,6,9,13-14H2,1-5H3,(H,32,37). The first kappa shape index (κ1) is 28.7. The molecule has 0 aliphatic heterocycles. The van der Waals surface area contributed by atoms with Gasteiger partial charge in [0.25, 0.3) is 5.56 Å². The van der Waals surface area contributed by atoms with Gasteiger partial charge in [-0.25, -0.2) is 13.8 Å². The second-order valence-electron chi connectivity index (χ2n) is 10.1. The van der Waals surface area contributed by atoms with Crippen LogP contribution in [-0.2, 0) is 23.3 Å². The Balaban J connectivity index is 1.90. The molecule has 0 spiro atoms. The van der Waals surface area contributed by atoms with Crippen LogP contribution in [0.2, 0.25) is 0 Å². The van der Waals surface area contributed by atoms with E-state index in [9.17, 15) is 18.8 Å². The number of aryl methyl sites for hydroxylation is 3. The molecule has 4 rings (SSSR count). The van der Waals surface area contributed by atoms with Crippen molar-refractivity contribution in [3.8, 4) is 16.8 Å².